The zero-order chi connectivity index (χ0) is 29.9. The van der Waals surface area contributed by atoms with Crippen LogP contribution in [-0.2, 0) is 9.59 Å². The van der Waals surface area contributed by atoms with Crippen LogP contribution in [-0.4, -0.2) is 35.5 Å². The number of nitro groups is 1. The maximum Gasteiger partial charge on any atom is 0.272 e. The zero-order valence-electron chi connectivity index (χ0n) is 22.4. The third-order valence-corrected chi connectivity index (χ3v) is 6.79. The molecule has 0 unspecified atom stereocenters. The normalized spacial score (nSPS) is 10.8. The third-order valence-electron chi connectivity index (χ3n) is 5.78. The van der Waals surface area contributed by atoms with Gasteiger partial charge in [-0.15, -0.1) is 11.8 Å². The van der Waals surface area contributed by atoms with Gasteiger partial charge in [0.05, 0.1) is 17.8 Å². The van der Waals surface area contributed by atoms with Gasteiger partial charge in [0.2, 0.25) is 5.91 Å². The van der Waals surface area contributed by atoms with Crippen LogP contribution in [0.1, 0.15) is 15.9 Å². The minimum Gasteiger partial charge on any atom is -0.497 e. The number of thioether (sulfide) groups is 1. The Labute approximate surface area is 245 Å². The Morgan fingerprint density at radius 1 is 0.857 bits per heavy atom. The summed E-state index contributed by atoms with van der Waals surface area (Å²) in [5, 5.41) is 19.0. The van der Waals surface area contributed by atoms with Gasteiger partial charge in [0.1, 0.15) is 11.4 Å². The Morgan fingerprint density at radius 3 is 2.19 bits per heavy atom. The van der Waals surface area contributed by atoms with E-state index in [1.807, 2.05) is 0 Å². The highest BCUT2D eigenvalue weighted by Crippen LogP contribution is 2.22. The van der Waals surface area contributed by atoms with Crippen LogP contribution in [0.3, 0.4) is 0 Å². The van der Waals surface area contributed by atoms with Gasteiger partial charge >= 0.3 is 0 Å². The number of hydrogen-bond donors (Lipinski definition) is 3. The number of carbonyl (C=O) groups is 3. The van der Waals surface area contributed by atoms with Crippen LogP contribution in [0.5, 0.6) is 5.75 Å². The fraction of sp³-hybridized carbons (Fsp3) is 0.0645. The Balaban J connectivity index is 1.39. The molecule has 42 heavy (non-hydrogen) atoms. The van der Waals surface area contributed by atoms with E-state index < -0.39 is 16.7 Å². The lowest BCUT2D eigenvalue weighted by molar-refractivity contribution is -0.384. The monoisotopic (exact) mass is 582 g/mol. The minimum atomic E-state index is -0.523. The average molecular weight is 583 g/mol. The highest BCUT2D eigenvalue weighted by atomic mass is 32.2. The van der Waals surface area contributed by atoms with Crippen molar-refractivity contribution < 1.29 is 24.0 Å². The van der Waals surface area contributed by atoms with Crippen LogP contribution >= 0.6 is 11.8 Å². The lowest BCUT2D eigenvalue weighted by Gasteiger charge is -2.12. The first-order chi connectivity index (χ1) is 20.3. The van der Waals surface area contributed by atoms with E-state index in [1.165, 1.54) is 36.0 Å². The molecule has 0 saturated carbocycles. The van der Waals surface area contributed by atoms with Crippen molar-refractivity contribution in [1.82, 2.24) is 5.32 Å². The second kappa shape index (κ2) is 14.3. The first kappa shape index (κ1) is 29.6. The molecular formula is C31H26N4O6S. The lowest BCUT2D eigenvalue weighted by Crippen LogP contribution is -2.30. The molecule has 0 aliphatic rings. The molecule has 0 radical (unpaired) electrons. The highest BCUT2D eigenvalue weighted by molar-refractivity contribution is 8.00. The number of carbonyl (C=O) groups excluding carboxylic acids is 3. The van der Waals surface area contributed by atoms with Crippen molar-refractivity contribution in [2.45, 2.75) is 4.90 Å². The van der Waals surface area contributed by atoms with Crippen molar-refractivity contribution in [3.63, 3.8) is 0 Å². The van der Waals surface area contributed by atoms with Crippen molar-refractivity contribution in [1.29, 1.82) is 0 Å². The van der Waals surface area contributed by atoms with Crippen LogP contribution in [0, 0.1) is 10.1 Å². The molecule has 11 heteroatoms. The fourth-order valence-corrected chi connectivity index (χ4v) is 4.38. The van der Waals surface area contributed by atoms with E-state index in [4.69, 9.17) is 4.74 Å². The van der Waals surface area contributed by atoms with Gasteiger partial charge in [-0.05, 0) is 72.3 Å². The van der Waals surface area contributed by atoms with E-state index >= 15 is 0 Å². The molecule has 3 N–H and O–H groups in total. The maximum absolute atomic E-state index is 13.2. The SMILES string of the molecule is COc1cccc(/C=C(\NC(=O)c2ccccc2)C(=O)Nc2ccc(SCC(=O)Nc3ccc([N+](=O)[O-])cc3)cc2)c1. The predicted octanol–water partition coefficient (Wildman–Crippen LogP) is 5.74. The summed E-state index contributed by atoms with van der Waals surface area (Å²) >= 11 is 1.29. The van der Waals surface area contributed by atoms with Crippen LogP contribution in [0.2, 0.25) is 0 Å². The molecule has 4 rings (SSSR count). The number of nitrogens with one attached hydrogen (secondary N) is 3. The quantitative estimate of drug-likeness (QED) is 0.0886. The molecule has 212 valence electrons. The number of nitrogens with zero attached hydrogens (tertiary/aromatic N) is 1. The topological polar surface area (TPSA) is 140 Å². The van der Waals surface area contributed by atoms with E-state index in [0.717, 1.165) is 4.90 Å². The van der Waals surface area contributed by atoms with Gasteiger partial charge in [0, 0.05) is 34.0 Å². The summed E-state index contributed by atoms with van der Waals surface area (Å²) in [7, 11) is 1.54. The van der Waals surface area contributed by atoms with E-state index in [9.17, 15) is 24.5 Å². The van der Waals surface area contributed by atoms with Crippen LogP contribution in [0.4, 0.5) is 17.1 Å². The second-order valence-electron chi connectivity index (χ2n) is 8.77. The molecule has 10 nitrogen and oxygen atoms in total. The summed E-state index contributed by atoms with van der Waals surface area (Å²) in [4.78, 5) is 49.4. The largest absolute Gasteiger partial charge is 0.497 e. The fourth-order valence-electron chi connectivity index (χ4n) is 3.69. The molecule has 0 bridgehead atoms. The highest BCUT2D eigenvalue weighted by Gasteiger charge is 2.15. The smallest absolute Gasteiger partial charge is 0.272 e. The molecule has 0 fully saturated rings. The number of amides is 3. The molecular weight excluding hydrogens is 556 g/mol. The Kier molecular flexibility index (Phi) is 10.1. The summed E-state index contributed by atoms with van der Waals surface area (Å²) in [6.45, 7) is 0. The Hall–Kier alpha value is -5.42. The first-order valence-corrected chi connectivity index (χ1v) is 13.6. The van der Waals surface area contributed by atoms with Crippen molar-refractivity contribution >= 4 is 52.6 Å². The van der Waals surface area contributed by atoms with Crippen molar-refractivity contribution in [3.8, 4) is 5.75 Å². The van der Waals surface area contributed by atoms with Crippen LogP contribution in [0.15, 0.2) is 114 Å². The number of methoxy groups -OCH3 is 1. The molecule has 0 saturated heterocycles. The summed E-state index contributed by atoms with van der Waals surface area (Å²) in [5.41, 5.74) is 1.99. The molecule has 0 aliphatic carbocycles. The molecule has 0 aliphatic heterocycles. The molecule has 0 spiro atoms. The number of ether oxygens (including phenoxy) is 1. The molecule has 0 heterocycles. The van der Waals surface area contributed by atoms with Crippen molar-refractivity contribution in [2.24, 2.45) is 0 Å². The molecule has 4 aromatic carbocycles. The molecule has 4 aromatic rings. The first-order valence-electron chi connectivity index (χ1n) is 12.6. The van der Waals surface area contributed by atoms with Gasteiger partial charge < -0.3 is 20.7 Å². The number of rotatable bonds is 11. The third kappa shape index (κ3) is 8.54. The second-order valence-corrected chi connectivity index (χ2v) is 9.82. The van der Waals surface area contributed by atoms with Gasteiger partial charge in [-0.2, -0.15) is 0 Å². The zero-order valence-corrected chi connectivity index (χ0v) is 23.2. The summed E-state index contributed by atoms with van der Waals surface area (Å²) in [6.07, 6.45) is 1.56. The van der Waals surface area contributed by atoms with Crippen molar-refractivity contribution in [2.75, 3.05) is 23.5 Å². The molecule has 0 aromatic heterocycles. The van der Waals surface area contributed by atoms with E-state index in [-0.39, 0.29) is 23.0 Å². The predicted molar refractivity (Wildman–Crippen MR) is 162 cm³/mol. The van der Waals surface area contributed by atoms with Gasteiger partial charge in [-0.1, -0.05) is 30.3 Å². The van der Waals surface area contributed by atoms with E-state index in [0.29, 0.717) is 28.3 Å². The van der Waals surface area contributed by atoms with Gasteiger partial charge in [0.15, 0.2) is 0 Å². The molecule has 0 atom stereocenters. The Bertz CT molecular complexity index is 1610. The number of benzene rings is 4. The van der Waals surface area contributed by atoms with Crippen LogP contribution in [0.25, 0.3) is 6.08 Å². The molecule has 3 amide bonds. The van der Waals surface area contributed by atoms with Crippen LogP contribution < -0.4 is 20.7 Å². The van der Waals surface area contributed by atoms with Gasteiger partial charge in [-0.25, -0.2) is 0 Å². The summed E-state index contributed by atoms with van der Waals surface area (Å²) < 4.78 is 5.26. The van der Waals surface area contributed by atoms with Crippen molar-refractivity contribution in [3.05, 3.63) is 130 Å². The van der Waals surface area contributed by atoms with Gasteiger partial charge in [0.25, 0.3) is 17.5 Å². The average Bonchev–Trinajstić information content (AvgIpc) is 3.01. The minimum absolute atomic E-state index is 0.0403. The number of nitro benzene ring substituents is 1. The van der Waals surface area contributed by atoms with E-state index in [1.54, 1.807) is 92.0 Å². The number of hydrogen-bond acceptors (Lipinski definition) is 7. The Morgan fingerprint density at radius 2 is 1.52 bits per heavy atom. The summed E-state index contributed by atoms with van der Waals surface area (Å²) in [5.74, 6) is -0.509. The lowest BCUT2D eigenvalue weighted by atomic mass is 10.1. The number of non-ortho nitro benzene ring substituents is 1. The number of anilines is 2. The van der Waals surface area contributed by atoms with Gasteiger partial charge in [-0.3, -0.25) is 24.5 Å². The maximum atomic E-state index is 13.2. The standard InChI is InChI=1S/C31H26N4O6S/c1-41-26-9-5-6-21(18-26)19-28(34-30(37)22-7-3-2-4-8-22)31(38)33-24-12-16-27(17-13-24)42-20-29(36)32-23-10-14-25(15-11-23)35(39)40/h2-19H,20H2,1H3,(H,32,36)(H,33,38)(H,34,37)/b28-19-. The van der Waals surface area contributed by atoms with E-state index in [2.05, 4.69) is 16.0 Å². The summed E-state index contributed by atoms with van der Waals surface area (Å²) in [6, 6.07) is 28.1.